The number of esters is 1. The molecule has 0 N–H and O–H groups in total. The zero-order valence-electron chi connectivity index (χ0n) is 22.4. The molecule has 35 heavy (non-hydrogen) atoms. The zero-order chi connectivity index (χ0) is 25.1. The summed E-state index contributed by atoms with van der Waals surface area (Å²) in [7, 11) is 0. The van der Waals surface area contributed by atoms with Crippen molar-refractivity contribution in [2.75, 3.05) is 6.61 Å². The number of hydrogen-bond acceptors (Lipinski definition) is 4. The van der Waals surface area contributed by atoms with E-state index in [1.807, 2.05) is 0 Å². The molecular weight excluding hydrogens is 432 g/mol. The summed E-state index contributed by atoms with van der Waals surface area (Å²) in [5.41, 5.74) is 5.07. The summed E-state index contributed by atoms with van der Waals surface area (Å²) < 4.78 is 5.04. The molecule has 4 heteroatoms. The highest BCUT2D eigenvalue weighted by molar-refractivity contribution is 5.89. The minimum absolute atomic E-state index is 0.309. The van der Waals surface area contributed by atoms with Gasteiger partial charge in [-0.15, -0.1) is 0 Å². The van der Waals surface area contributed by atoms with Crippen LogP contribution in [0.2, 0.25) is 0 Å². The lowest BCUT2D eigenvalue weighted by atomic mass is 9.96. The fourth-order valence-corrected chi connectivity index (χ4v) is 4.34. The molecule has 0 saturated heterocycles. The van der Waals surface area contributed by atoms with Gasteiger partial charge >= 0.3 is 5.97 Å². The van der Waals surface area contributed by atoms with E-state index in [0.29, 0.717) is 12.2 Å². The summed E-state index contributed by atoms with van der Waals surface area (Å²) >= 11 is 0. The number of azo groups is 1. The number of carbonyl (C=O) groups excluding carboxylic acids is 1. The molecule has 0 aliphatic heterocycles. The van der Waals surface area contributed by atoms with E-state index in [1.54, 1.807) is 31.2 Å². The summed E-state index contributed by atoms with van der Waals surface area (Å²) in [5.74, 6) is -0.309. The first-order valence-electron chi connectivity index (χ1n) is 14.0. The lowest BCUT2D eigenvalue weighted by Crippen LogP contribution is -2.03. The van der Waals surface area contributed by atoms with Gasteiger partial charge in [0.1, 0.15) is 0 Å². The van der Waals surface area contributed by atoms with Crippen LogP contribution in [0.4, 0.5) is 11.4 Å². The van der Waals surface area contributed by atoms with Crippen LogP contribution in [0.1, 0.15) is 119 Å². The van der Waals surface area contributed by atoms with E-state index in [9.17, 15) is 4.79 Å². The summed E-state index contributed by atoms with van der Waals surface area (Å²) in [4.78, 5) is 11.8. The van der Waals surface area contributed by atoms with Gasteiger partial charge in [0.15, 0.2) is 0 Å². The summed E-state index contributed by atoms with van der Waals surface area (Å²) in [5, 5.41) is 8.90. The molecule has 192 valence electrons. The van der Waals surface area contributed by atoms with Gasteiger partial charge < -0.3 is 4.74 Å². The van der Waals surface area contributed by atoms with Crippen molar-refractivity contribution in [1.82, 2.24) is 0 Å². The number of benzene rings is 2. The van der Waals surface area contributed by atoms with Crippen LogP contribution in [-0.4, -0.2) is 12.6 Å². The number of hydrogen-bond donors (Lipinski definition) is 0. The summed E-state index contributed by atoms with van der Waals surface area (Å²) in [6.07, 6.45) is 18.1. The van der Waals surface area contributed by atoms with Crippen LogP contribution in [0.3, 0.4) is 0 Å². The van der Waals surface area contributed by atoms with Crippen LogP contribution in [0.5, 0.6) is 0 Å². The first kappa shape index (κ1) is 28.7. The third-order valence-electron chi connectivity index (χ3n) is 6.45. The average molecular weight is 479 g/mol. The quantitative estimate of drug-likeness (QED) is 0.121. The van der Waals surface area contributed by atoms with Gasteiger partial charge in [-0.25, -0.2) is 4.79 Å². The Morgan fingerprint density at radius 3 is 1.74 bits per heavy atom. The van der Waals surface area contributed by atoms with Crippen LogP contribution in [0.25, 0.3) is 0 Å². The predicted octanol–water partition coefficient (Wildman–Crippen LogP) is 10.1. The number of carbonyl (C=O) groups is 1. The van der Waals surface area contributed by atoms with Crippen molar-refractivity contribution in [3.05, 3.63) is 59.2 Å². The van der Waals surface area contributed by atoms with Crippen LogP contribution in [0.15, 0.2) is 52.7 Å². The number of nitrogens with zero attached hydrogens (tertiary/aromatic N) is 2. The Hall–Kier alpha value is -2.49. The molecule has 4 nitrogen and oxygen atoms in total. The Morgan fingerprint density at radius 1 is 0.629 bits per heavy atom. The summed E-state index contributed by atoms with van der Waals surface area (Å²) in [6, 6.07) is 13.7. The standard InChI is InChI=1S/C31H46N2O2/c1-4-7-9-11-13-15-17-26-19-24-30(25-28(26)18-16-14-12-10-8-5-2)33-32-29-22-20-27(21-23-29)31(34)35-6-3/h19-25H,4-18H2,1-3H3. The molecule has 2 rings (SSSR count). The fraction of sp³-hybridized carbons (Fsp3) is 0.581. The molecule has 0 amide bonds. The van der Waals surface area contributed by atoms with E-state index in [2.05, 4.69) is 42.3 Å². The van der Waals surface area contributed by atoms with Crippen LogP contribution >= 0.6 is 0 Å². The minimum Gasteiger partial charge on any atom is -0.462 e. The average Bonchev–Trinajstić information content (AvgIpc) is 2.88. The van der Waals surface area contributed by atoms with Crippen LogP contribution in [-0.2, 0) is 17.6 Å². The Kier molecular flexibility index (Phi) is 14.7. The molecule has 0 fully saturated rings. The largest absolute Gasteiger partial charge is 0.462 e. The number of aryl methyl sites for hydroxylation is 2. The predicted molar refractivity (Wildman–Crippen MR) is 147 cm³/mol. The van der Waals surface area contributed by atoms with Gasteiger partial charge in [0.2, 0.25) is 0 Å². The molecule has 0 aliphatic carbocycles. The molecule has 0 bridgehead atoms. The molecule has 0 saturated carbocycles. The van der Waals surface area contributed by atoms with E-state index in [-0.39, 0.29) is 5.97 Å². The Balaban J connectivity index is 2.00. The second-order valence-corrected chi connectivity index (χ2v) is 9.46. The molecule has 2 aromatic carbocycles. The molecule has 0 unspecified atom stereocenters. The molecule has 0 aromatic heterocycles. The van der Waals surface area contributed by atoms with Crippen LogP contribution < -0.4 is 0 Å². The number of ether oxygens (including phenoxy) is 1. The van der Waals surface area contributed by atoms with Crippen molar-refractivity contribution in [2.24, 2.45) is 10.2 Å². The van der Waals surface area contributed by atoms with Gasteiger partial charge in [0.05, 0.1) is 23.5 Å². The molecule has 0 aliphatic rings. The SMILES string of the molecule is CCCCCCCCc1ccc(N=Nc2ccc(C(=O)OCC)cc2)cc1CCCCCCCC. The third kappa shape index (κ3) is 11.7. The lowest BCUT2D eigenvalue weighted by Gasteiger charge is -2.11. The van der Waals surface area contributed by atoms with Gasteiger partial charge in [-0.3, -0.25) is 0 Å². The van der Waals surface area contributed by atoms with E-state index in [4.69, 9.17) is 4.74 Å². The van der Waals surface area contributed by atoms with Gasteiger partial charge in [-0.05, 0) is 80.1 Å². The molecule has 0 heterocycles. The first-order valence-corrected chi connectivity index (χ1v) is 14.0. The molecule has 2 aromatic rings. The van der Waals surface area contributed by atoms with Crippen LogP contribution in [0, 0.1) is 0 Å². The molecular formula is C31H46N2O2. The van der Waals surface area contributed by atoms with Gasteiger partial charge in [-0.2, -0.15) is 10.2 Å². The van der Waals surface area contributed by atoms with Crippen molar-refractivity contribution >= 4 is 17.3 Å². The second kappa shape index (κ2) is 17.9. The van der Waals surface area contributed by atoms with E-state index >= 15 is 0 Å². The van der Waals surface area contributed by atoms with Gasteiger partial charge in [0.25, 0.3) is 0 Å². The van der Waals surface area contributed by atoms with Gasteiger partial charge in [0, 0.05) is 0 Å². The topological polar surface area (TPSA) is 51.0 Å². The lowest BCUT2D eigenvalue weighted by molar-refractivity contribution is 0.0526. The summed E-state index contributed by atoms with van der Waals surface area (Å²) in [6.45, 7) is 6.71. The highest BCUT2D eigenvalue weighted by atomic mass is 16.5. The first-order chi connectivity index (χ1) is 17.2. The van der Waals surface area contributed by atoms with Crippen molar-refractivity contribution in [3.63, 3.8) is 0 Å². The zero-order valence-corrected chi connectivity index (χ0v) is 22.4. The maximum absolute atomic E-state index is 11.8. The fourth-order valence-electron chi connectivity index (χ4n) is 4.34. The van der Waals surface area contributed by atoms with Crippen molar-refractivity contribution in [2.45, 2.75) is 111 Å². The molecule has 0 radical (unpaired) electrons. The van der Waals surface area contributed by atoms with E-state index < -0.39 is 0 Å². The van der Waals surface area contributed by atoms with Crippen molar-refractivity contribution < 1.29 is 9.53 Å². The number of unbranched alkanes of at least 4 members (excludes halogenated alkanes) is 10. The number of rotatable bonds is 18. The second-order valence-electron chi connectivity index (χ2n) is 9.46. The van der Waals surface area contributed by atoms with Crippen molar-refractivity contribution in [3.8, 4) is 0 Å². The van der Waals surface area contributed by atoms with E-state index in [1.165, 1.54) is 88.2 Å². The normalized spacial score (nSPS) is 11.3. The van der Waals surface area contributed by atoms with Gasteiger partial charge in [-0.1, -0.05) is 84.1 Å². The third-order valence-corrected chi connectivity index (χ3v) is 6.45. The minimum atomic E-state index is -0.309. The highest BCUT2D eigenvalue weighted by Crippen LogP contribution is 2.25. The van der Waals surface area contributed by atoms with E-state index in [0.717, 1.165) is 24.2 Å². The smallest absolute Gasteiger partial charge is 0.338 e. The monoisotopic (exact) mass is 478 g/mol. The highest BCUT2D eigenvalue weighted by Gasteiger charge is 2.07. The Labute approximate surface area is 213 Å². The van der Waals surface area contributed by atoms with Crippen molar-refractivity contribution in [1.29, 1.82) is 0 Å². The molecule has 0 atom stereocenters. The Bertz CT molecular complexity index is 874. The molecule has 0 spiro atoms. The maximum Gasteiger partial charge on any atom is 0.338 e. The maximum atomic E-state index is 11.8. The Morgan fingerprint density at radius 2 is 1.14 bits per heavy atom.